The molecule has 1 amide bonds. The molecule has 0 atom stereocenters. The van der Waals surface area contributed by atoms with Gasteiger partial charge in [0.25, 0.3) is 0 Å². The predicted octanol–water partition coefficient (Wildman–Crippen LogP) is 3.99. The molecule has 0 aliphatic carbocycles. The van der Waals surface area contributed by atoms with E-state index in [4.69, 9.17) is 14.2 Å². The Morgan fingerprint density at radius 2 is 1.74 bits per heavy atom. The zero-order valence-electron chi connectivity index (χ0n) is 19.7. The van der Waals surface area contributed by atoms with Gasteiger partial charge in [0.05, 0.1) is 18.0 Å². The van der Waals surface area contributed by atoms with Gasteiger partial charge in [0.1, 0.15) is 19.0 Å². The maximum atomic E-state index is 13.6. The third-order valence-electron chi connectivity index (χ3n) is 5.43. The van der Waals surface area contributed by atoms with Crippen LogP contribution in [0.1, 0.15) is 18.1 Å². The van der Waals surface area contributed by atoms with E-state index in [1.165, 1.54) is 10.4 Å². The van der Waals surface area contributed by atoms with Gasteiger partial charge in [-0.15, -0.1) is 0 Å². The number of hydrogen-bond donors (Lipinski definition) is 1. The lowest BCUT2D eigenvalue weighted by atomic mass is 10.2. The summed E-state index contributed by atoms with van der Waals surface area (Å²) in [6.45, 7) is 4.71. The Hall–Kier alpha value is -3.56. The fourth-order valence-corrected chi connectivity index (χ4v) is 5.21. The van der Waals surface area contributed by atoms with Crippen LogP contribution < -0.4 is 19.5 Å². The van der Waals surface area contributed by atoms with Crippen LogP contribution in [0.15, 0.2) is 71.6 Å². The second-order valence-electron chi connectivity index (χ2n) is 8.03. The summed E-state index contributed by atoms with van der Waals surface area (Å²) in [5, 5.41) is 2.77. The second kappa shape index (κ2) is 10.8. The Morgan fingerprint density at radius 1 is 1.00 bits per heavy atom. The molecule has 3 aromatic carbocycles. The van der Waals surface area contributed by atoms with E-state index in [9.17, 15) is 13.2 Å². The number of carbonyl (C=O) groups excluding carboxylic acids is 1. The quantitative estimate of drug-likeness (QED) is 0.481. The molecule has 1 aliphatic heterocycles. The molecule has 0 spiro atoms. The number of amides is 1. The number of hydrogen-bond acceptors (Lipinski definition) is 6. The first-order valence-electron chi connectivity index (χ1n) is 11.3. The first kappa shape index (κ1) is 24.6. The van der Waals surface area contributed by atoms with E-state index in [0.717, 1.165) is 5.56 Å². The first-order chi connectivity index (χ1) is 16.9. The van der Waals surface area contributed by atoms with Crippen molar-refractivity contribution in [1.29, 1.82) is 0 Å². The lowest BCUT2D eigenvalue weighted by molar-refractivity contribution is -0.116. The standard InChI is InChI=1S/C26H28N2O6S/c1-3-32-23-12-10-22(15-19(23)2)35(30,31)28(17-20-7-5-4-6-8-20)18-26(29)27-21-9-11-24-25(16-21)34-14-13-33-24/h4-12,15-16H,3,13-14,17-18H2,1-2H3,(H,27,29). The predicted molar refractivity (Wildman–Crippen MR) is 132 cm³/mol. The van der Waals surface area contributed by atoms with Crippen molar-refractivity contribution >= 4 is 21.6 Å². The molecule has 0 unspecified atom stereocenters. The van der Waals surface area contributed by atoms with Crippen LogP contribution in [0.25, 0.3) is 0 Å². The number of ether oxygens (including phenoxy) is 3. The van der Waals surface area contributed by atoms with Gasteiger partial charge in [0.2, 0.25) is 15.9 Å². The smallest absolute Gasteiger partial charge is 0.243 e. The molecule has 4 rings (SSSR count). The molecule has 8 nitrogen and oxygen atoms in total. The molecule has 0 aromatic heterocycles. The Kier molecular flexibility index (Phi) is 7.57. The van der Waals surface area contributed by atoms with Crippen molar-refractivity contribution in [3.05, 3.63) is 77.9 Å². The third kappa shape index (κ3) is 5.93. The Balaban J connectivity index is 1.57. The minimum absolute atomic E-state index is 0.0456. The summed E-state index contributed by atoms with van der Waals surface area (Å²) < 4.78 is 45.0. The summed E-state index contributed by atoms with van der Waals surface area (Å²) in [6.07, 6.45) is 0. The van der Waals surface area contributed by atoms with Crippen molar-refractivity contribution in [3.63, 3.8) is 0 Å². The molecule has 0 fully saturated rings. The number of sulfonamides is 1. The van der Waals surface area contributed by atoms with Crippen molar-refractivity contribution in [2.45, 2.75) is 25.3 Å². The van der Waals surface area contributed by atoms with E-state index in [1.807, 2.05) is 37.3 Å². The molecule has 1 aliphatic rings. The highest BCUT2D eigenvalue weighted by Crippen LogP contribution is 2.32. The van der Waals surface area contributed by atoms with Gasteiger partial charge >= 0.3 is 0 Å². The molecule has 9 heteroatoms. The van der Waals surface area contributed by atoms with Crippen LogP contribution in [0.3, 0.4) is 0 Å². The number of benzene rings is 3. The average molecular weight is 497 g/mol. The number of fused-ring (bicyclic) bond motifs is 1. The van der Waals surface area contributed by atoms with E-state index in [1.54, 1.807) is 37.3 Å². The number of carbonyl (C=O) groups is 1. The maximum absolute atomic E-state index is 13.6. The highest BCUT2D eigenvalue weighted by molar-refractivity contribution is 7.89. The van der Waals surface area contributed by atoms with Crippen molar-refractivity contribution in [2.24, 2.45) is 0 Å². The summed E-state index contributed by atoms with van der Waals surface area (Å²) in [5.41, 5.74) is 1.97. The molecular weight excluding hydrogens is 468 g/mol. The molecule has 1 heterocycles. The van der Waals surface area contributed by atoms with Gasteiger partial charge in [-0.1, -0.05) is 30.3 Å². The zero-order valence-corrected chi connectivity index (χ0v) is 20.5. The molecule has 0 saturated heterocycles. The Bertz CT molecular complexity index is 1290. The summed E-state index contributed by atoms with van der Waals surface area (Å²) in [6, 6.07) is 18.9. The van der Waals surface area contributed by atoms with Gasteiger partial charge in [-0.25, -0.2) is 8.42 Å². The van der Waals surface area contributed by atoms with E-state index < -0.39 is 15.9 Å². The van der Waals surface area contributed by atoms with Crippen LogP contribution in [-0.2, 0) is 21.4 Å². The fraction of sp³-hybridized carbons (Fsp3) is 0.269. The summed E-state index contributed by atoms with van der Waals surface area (Å²) >= 11 is 0. The number of rotatable bonds is 9. The van der Waals surface area contributed by atoms with Crippen LogP contribution in [0.2, 0.25) is 0 Å². The number of anilines is 1. The topological polar surface area (TPSA) is 94.2 Å². The third-order valence-corrected chi connectivity index (χ3v) is 7.22. The lowest BCUT2D eigenvalue weighted by Crippen LogP contribution is -2.37. The van der Waals surface area contributed by atoms with E-state index in [2.05, 4.69) is 5.32 Å². The van der Waals surface area contributed by atoms with E-state index in [0.29, 0.717) is 48.3 Å². The zero-order chi connectivity index (χ0) is 24.8. The SMILES string of the molecule is CCOc1ccc(S(=O)(=O)N(CC(=O)Nc2ccc3c(c2)OCCO3)Cc2ccccc2)cc1C. The van der Waals surface area contributed by atoms with Crippen molar-refractivity contribution < 1.29 is 27.4 Å². The number of nitrogens with one attached hydrogen (secondary N) is 1. The summed E-state index contributed by atoms with van der Waals surface area (Å²) in [5.74, 6) is 1.29. The van der Waals surface area contributed by atoms with Gasteiger partial charge in [-0.2, -0.15) is 4.31 Å². The molecule has 0 bridgehead atoms. The van der Waals surface area contributed by atoms with Crippen molar-refractivity contribution in [3.8, 4) is 17.2 Å². The van der Waals surface area contributed by atoms with Crippen LogP contribution in [0.5, 0.6) is 17.2 Å². The molecule has 3 aromatic rings. The van der Waals surface area contributed by atoms with Gasteiger partial charge in [-0.05, 0) is 55.3 Å². The lowest BCUT2D eigenvalue weighted by Gasteiger charge is -2.23. The Labute approximate surface area is 205 Å². The second-order valence-corrected chi connectivity index (χ2v) is 9.96. The average Bonchev–Trinajstić information content (AvgIpc) is 2.85. The first-order valence-corrected chi connectivity index (χ1v) is 12.8. The summed E-state index contributed by atoms with van der Waals surface area (Å²) in [7, 11) is -3.98. The maximum Gasteiger partial charge on any atom is 0.243 e. The van der Waals surface area contributed by atoms with E-state index in [-0.39, 0.29) is 18.0 Å². The number of aryl methyl sites for hydroxylation is 1. The fourth-order valence-electron chi connectivity index (χ4n) is 3.74. The van der Waals surface area contributed by atoms with Gasteiger partial charge in [0.15, 0.2) is 11.5 Å². The highest BCUT2D eigenvalue weighted by Gasteiger charge is 2.28. The molecule has 0 radical (unpaired) electrons. The molecule has 35 heavy (non-hydrogen) atoms. The van der Waals surface area contributed by atoms with Gasteiger partial charge in [0, 0.05) is 18.3 Å². The molecule has 0 saturated carbocycles. The minimum Gasteiger partial charge on any atom is -0.494 e. The summed E-state index contributed by atoms with van der Waals surface area (Å²) in [4.78, 5) is 13.1. The molecule has 184 valence electrons. The number of nitrogens with zero attached hydrogens (tertiary/aromatic N) is 1. The van der Waals surface area contributed by atoms with Crippen molar-refractivity contribution in [2.75, 3.05) is 31.7 Å². The normalized spacial score (nSPS) is 12.9. The molecule has 1 N–H and O–H groups in total. The van der Waals surface area contributed by atoms with Crippen LogP contribution in [0, 0.1) is 6.92 Å². The van der Waals surface area contributed by atoms with Gasteiger partial charge in [-0.3, -0.25) is 4.79 Å². The van der Waals surface area contributed by atoms with Crippen molar-refractivity contribution in [1.82, 2.24) is 4.31 Å². The van der Waals surface area contributed by atoms with Crippen LogP contribution >= 0.6 is 0 Å². The minimum atomic E-state index is -3.98. The highest BCUT2D eigenvalue weighted by atomic mass is 32.2. The Morgan fingerprint density at radius 3 is 2.46 bits per heavy atom. The molecular formula is C26H28N2O6S. The largest absolute Gasteiger partial charge is 0.494 e. The monoisotopic (exact) mass is 496 g/mol. The van der Waals surface area contributed by atoms with Crippen LogP contribution in [0.4, 0.5) is 5.69 Å². The van der Waals surface area contributed by atoms with Crippen LogP contribution in [-0.4, -0.2) is 45.0 Å². The van der Waals surface area contributed by atoms with Gasteiger partial charge < -0.3 is 19.5 Å². The van der Waals surface area contributed by atoms with E-state index >= 15 is 0 Å².